The number of rotatable bonds is 9. The number of carbonyl (C=O) groups excluding carboxylic acids is 4. The third-order valence-corrected chi connectivity index (χ3v) is 7.31. The van der Waals surface area contributed by atoms with Crippen molar-refractivity contribution in [2.45, 2.75) is 0 Å². The second-order valence-corrected chi connectivity index (χ2v) is 10.5. The van der Waals surface area contributed by atoms with E-state index in [1.165, 1.54) is 0 Å². The van der Waals surface area contributed by atoms with Crippen molar-refractivity contribution in [1.82, 2.24) is 0 Å². The van der Waals surface area contributed by atoms with Crippen LogP contribution in [0.25, 0.3) is 32.7 Å². The number of hydrogen-bond donors (Lipinski definition) is 0. The highest BCUT2D eigenvalue weighted by Crippen LogP contribution is 2.35. The normalized spacial score (nSPS) is 10.6. The lowest BCUT2D eigenvalue weighted by Gasteiger charge is -2.13. The highest BCUT2D eigenvalue weighted by atomic mass is 16.5. The number of esters is 4. The van der Waals surface area contributed by atoms with Gasteiger partial charge in [-0.05, 0) is 93.8 Å². The Bertz CT molecular complexity index is 2250. The van der Waals surface area contributed by atoms with Crippen molar-refractivity contribution in [3.05, 3.63) is 158 Å². The lowest BCUT2D eigenvalue weighted by molar-refractivity contribution is -0.129. The van der Waals surface area contributed by atoms with Crippen molar-refractivity contribution < 1.29 is 38.1 Å². The fourth-order valence-corrected chi connectivity index (χ4v) is 4.97. The SMILES string of the molecule is C=CC(=O)Oc1ccc2cc(C(=O)Oc3ccc(OC(=O)c4ccc5cc(OC(=O)C=C)ccc5c4)c(-c4ccccc4)c3)ccc2c1. The lowest BCUT2D eigenvalue weighted by atomic mass is 10.0. The molecule has 0 spiro atoms. The van der Waals surface area contributed by atoms with Gasteiger partial charge in [-0.25, -0.2) is 19.2 Å². The van der Waals surface area contributed by atoms with Gasteiger partial charge in [0.2, 0.25) is 0 Å². The van der Waals surface area contributed by atoms with Crippen molar-refractivity contribution in [3.63, 3.8) is 0 Å². The van der Waals surface area contributed by atoms with Crippen LogP contribution in [0.4, 0.5) is 0 Å². The minimum absolute atomic E-state index is 0.254. The molecule has 6 aromatic rings. The Morgan fingerprint density at radius 1 is 0.458 bits per heavy atom. The summed E-state index contributed by atoms with van der Waals surface area (Å²) >= 11 is 0. The summed E-state index contributed by atoms with van der Waals surface area (Å²) in [6.45, 7) is 6.79. The fourth-order valence-electron chi connectivity index (χ4n) is 4.97. The molecule has 0 fully saturated rings. The molecule has 0 atom stereocenters. The molecule has 0 unspecified atom stereocenters. The average Bonchev–Trinajstić information content (AvgIpc) is 3.11. The summed E-state index contributed by atoms with van der Waals surface area (Å²) < 4.78 is 22.0. The number of carbonyl (C=O) groups is 4. The maximum absolute atomic E-state index is 13.3. The zero-order chi connectivity index (χ0) is 33.6. The van der Waals surface area contributed by atoms with Gasteiger partial charge in [0.25, 0.3) is 0 Å². The Morgan fingerprint density at radius 3 is 1.46 bits per heavy atom. The molecule has 0 heterocycles. The Balaban J connectivity index is 1.23. The van der Waals surface area contributed by atoms with E-state index in [9.17, 15) is 19.2 Å². The molecule has 0 saturated heterocycles. The van der Waals surface area contributed by atoms with Crippen molar-refractivity contribution >= 4 is 45.4 Å². The van der Waals surface area contributed by atoms with Gasteiger partial charge in [0.15, 0.2) is 0 Å². The van der Waals surface area contributed by atoms with Crippen LogP contribution in [0.2, 0.25) is 0 Å². The largest absolute Gasteiger partial charge is 0.423 e. The number of benzene rings is 6. The van der Waals surface area contributed by atoms with Crippen LogP contribution in [0.3, 0.4) is 0 Å². The van der Waals surface area contributed by atoms with Crippen LogP contribution in [0.5, 0.6) is 23.0 Å². The molecule has 0 radical (unpaired) electrons. The molecule has 0 aliphatic heterocycles. The minimum atomic E-state index is -0.584. The van der Waals surface area contributed by atoms with E-state index in [1.807, 2.05) is 30.3 Å². The number of fused-ring (bicyclic) bond motifs is 2. The molecule has 0 aromatic heterocycles. The van der Waals surface area contributed by atoms with Gasteiger partial charge in [0.05, 0.1) is 11.1 Å². The van der Waals surface area contributed by atoms with Crippen molar-refractivity contribution in [2.75, 3.05) is 0 Å². The second kappa shape index (κ2) is 13.7. The van der Waals surface area contributed by atoms with Crippen LogP contribution in [0.15, 0.2) is 147 Å². The van der Waals surface area contributed by atoms with E-state index in [1.54, 1.807) is 91.0 Å². The van der Waals surface area contributed by atoms with E-state index in [2.05, 4.69) is 13.2 Å². The maximum Gasteiger partial charge on any atom is 0.343 e. The average molecular weight is 635 g/mol. The molecule has 0 saturated carbocycles. The van der Waals surface area contributed by atoms with Gasteiger partial charge < -0.3 is 18.9 Å². The monoisotopic (exact) mass is 634 g/mol. The van der Waals surface area contributed by atoms with Crippen molar-refractivity contribution in [1.29, 1.82) is 0 Å². The molecule has 0 aliphatic carbocycles. The van der Waals surface area contributed by atoms with Crippen molar-refractivity contribution in [2.24, 2.45) is 0 Å². The van der Waals surface area contributed by atoms with E-state index in [4.69, 9.17) is 18.9 Å². The molecule has 0 aliphatic rings. The summed E-state index contributed by atoms with van der Waals surface area (Å²) in [6.07, 6.45) is 2.16. The lowest BCUT2D eigenvalue weighted by Crippen LogP contribution is -2.10. The zero-order valence-electron chi connectivity index (χ0n) is 25.4. The quantitative estimate of drug-likeness (QED) is 0.0889. The number of ether oxygens (including phenoxy) is 4. The topological polar surface area (TPSA) is 105 Å². The second-order valence-electron chi connectivity index (χ2n) is 10.5. The summed E-state index contributed by atoms with van der Waals surface area (Å²) in [4.78, 5) is 49.6. The van der Waals surface area contributed by atoms with Crippen LogP contribution < -0.4 is 18.9 Å². The van der Waals surface area contributed by atoms with Gasteiger partial charge in [-0.15, -0.1) is 0 Å². The van der Waals surface area contributed by atoms with E-state index >= 15 is 0 Å². The van der Waals surface area contributed by atoms with E-state index in [-0.39, 0.29) is 11.5 Å². The third-order valence-electron chi connectivity index (χ3n) is 7.31. The first kappa shape index (κ1) is 31.2. The predicted octanol–water partition coefficient (Wildman–Crippen LogP) is 8.28. The van der Waals surface area contributed by atoms with E-state index in [0.717, 1.165) is 39.3 Å². The Labute approximate surface area is 275 Å². The molecule has 0 N–H and O–H groups in total. The maximum atomic E-state index is 13.3. The van der Waals surface area contributed by atoms with Crippen LogP contribution in [0.1, 0.15) is 20.7 Å². The standard InChI is InChI=1S/C40H26O8/c1-3-37(41)45-32-16-14-26-20-30(12-10-28(26)22-32)39(43)47-34-18-19-36(35(24-34)25-8-6-5-7-9-25)48-40(44)31-13-11-29-23-33(46-38(42)4-2)17-15-27(29)21-31/h3-24H,1-2H2. The smallest absolute Gasteiger partial charge is 0.343 e. The summed E-state index contributed by atoms with van der Waals surface area (Å²) in [7, 11) is 0. The Morgan fingerprint density at radius 2 is 0.917 bits per heavy atom. The molecule has 48 heavy (non-hydrogen) atoms. The summed E-state index contributed by atoms with van der Waals surface area (Å²) in [5.41, 5.74) is 1.92. The van der Waals surface area contributed by atoms with Gasteiger partial charge in [-0.1, -0.05) is 67.8 Å². The van der Waals surface area contributed by atoms with Crippen molar-refractivity contribution in [3.8, 4) is 34.1 Å². The van der Waals surface area contributed by atoms with Gasteiger partial charge in [0.1, 0.15) is 23.0 Å². The predicted molar refractivity (Wildman–Crippen MR) is 181 cm³/mol. The molecular weight excluding hydrogens is 608 g/mol. The minimum Gasteiger partial charge on any atom is -0.423 e. The van der Waals surface area contributed by atoms with E-state index < -0.39 is 23.9 Å². The Kier molecular flexibility index (Phi) is 8.89. The number of hydrogen-bond acceptors (Lipinski definition) is 8. The summed E-state index contributed by atoms with van der Waals surface area (Å²) in [5, 5.41) is 3.03. The first-order valence-corrected chi connectivity index (χ1v) is 14.7. The molecule has 6 aromatic carbocycles. The molecule has 0 bridgehead atoms. The van der Waals surface area contributed by atoms with Gasteiger partial charge >= 0.3 is 23.9 Å². The zero-order valence-corrected chi connectivity index (χ0v) is 25.4. The fraction of sp³-hybridized carbons (Fsp3) is 0. The van der Waals surface area contributed by atoms with Gasteiger partial charge in [-0.2, -0.15) is 0 Å². The van der Waals surface area contributed by atoms with Gasteiger partial charge in [0, 0.05) is 17.7 Å². The van der Waals surface area contributed by atoms with Crippen LogP contribution in [-0.2, 0) is 9.59 Å². The van der Waals surface area contributed by atoms with Crippen LogP contribution in [0, 0.1) is 0 Å². The van der Waals surface area contributed by atoms with Crippen LogP contribution in [-0.4, -0.2) is 23.9 Å². The Hall–Kier alpha value is -6.80. The summed E-state index contributed by atoms with van der Waals surface area (Å²) in [6, 6.07) is 34.3. The third kappa shape index (κ3) is 7.03. The molecular formula is C40H26O8. The first-order valence-electron chi connectivity index (χ1n) is 14.7. The molecule has 8 heteroatoms. The van der Waals surface area contributed by atoms with E-state index in [0.29, 0.717) is 28.2 Å². The van der Waals surface area contributed by atoms with Crippen LogP contribution >= 0.6 is 0 Å². The summed E-state index contributed by atoms with van der Waals surface area (Å²) in [5.74, 6) is -1.05. The molecule has 6 rings (SSSR count). The molecule has 8 nitrogen and oxygen atoms in total. The molecule has 234 valence electrons. The first-order chi connectivity index (χ1) is 23.3. The highest BCUT2D eigenvalue weighted by Gasteiger charge is 2.17. The molecule has 0 amide bonds. The van der Waals surface area contributed by atoms with Gasteiger partial charge in [-0.3, -0.25) is 0 Å². The highest BCUT2D eigenvalue weighted by molar-refractivity contribution is 5.99.